The predicted molar refractivity (Wildman–Crippen MR) is 102 cm³/mol. The first kappa shape index (κ1) is 22.1. The largest absolute Gasteiger partial charge is 0.591 e. The third-order valence-electron chi connectivity index (χ3n) is 3.60. The molecule has 0 aliphatic heterocycles. The molecular formula is C17H28N2O4S2. The van der Waals surface area contributed by atoms with Crippen LogP contribution >= 0.6 is 11.3 Å². The standard InChI is InChI=1S/C17H28N2O4S2/c1-7-11(3)12(19-25(22)17(4,5)6)9-14(20)15-18-13(10-24-15)16(21)23-8-2/h10-11,14,20H,7-9H2,1-6H3/b19-12+/t11?,14-,25+/m1/s1. The number of nitrogens with zero attached hydrogens (tertiary/aromatic N) is 2. The van der Waals surface area contributed by atoms with E-state index in [-0.39, 0.29) is 24.6 Å². The molecule has 1 aromatic heterocycles. The molecule has 0 fully saturated rings. The Morgan fingerprint density at radius 2 is 2.12 bits per heavy atom. The molecule has 0 amide bonds. The van der Waals surface area contributed by atoms with Crippen LogP contribution in [0.2, 0.25) is 0 Å². The fraction of sp³-hybridized carbons (Fsp3) is 0.706. The quantitative estimate of drug-likeness (QED) is 0.416. The molecule has 0 saturated heterocycles. The molecule has 142 valence electrons. The molecule has 6 nitrogen and oxygen atoms in total. The molecule has 8 heteroatoms. The van der Waals surface area contributed by atoms with E-state index in [4.69, 9.17) is 4.74 Å². The SMILES string of the molecule is CCOC(=O)c1csc([C@H](O)C/C(=N\[S@@+]([O-])C(C)(C)C)C(C)CC)n1. The zero-order valence-corrected chi connectivity index (χ0v) is 17.4. The summed E-state index contributed by atoms with van der Waals surface area (Å²) in [6, 6.07) is 0. The van der Waals surface area contributed by atoms with Crippen molar-refractivity contribution in [1.29, 1.82) is 0 Å². The molecule has 0 radical (unpaired) electrons. The van der Waals surface area contributed by atoms with Crippen LogP contribution in [0.3, 0.4) is 0 Å². The van der Waals surface area contributed by atoms with E-state index in [2.05, 4.69) is 9.38 Å². The highest BCUT2D eigenvalue weighted by Crippen LogP contribution is 2.26. The monoisotopic (exact) mass is 388 g/mol. The summed E-state index contributed by atoms with van der Waals surface area (Å²) in [5.74, 6) is -0.396. The smallest absolute Gasteiger partial charge is 0.357 e. The van der Waals surface area contributed by atoms with Gasteiger partial charge in [-0.15, -0.1) is 11.3 Å². The van der Waals surface area contributed by atoms with Crippen molar-refractivity contribution < 1.29 is 19.2 Å². The van der Waals surface area contributed by atoms with Gasteiger partial charge in [0.1, 0.15) is 27.2 Å². The number of esters is 1. The van der Waals surface area contributed by atoms with Crippen molar-refractivity contribution in [3.63, 3.8) is 0 Å². The van der Waals surface area contributed by atoms with Crippen molar-refractivity contribution in [3.05, 3.63) is 16.1 Å². The Morgan fingerprint density at radius 1 is 1.48 bits per heavy atom. The van der Waals surface area contributed by atoms with Gasteiger partial charge in [-0.2, -0.15) is 0 Å². The zero-order chi connectivity index (χ0) is 19.2. The van der Waals surface area contributed by atoms with Crippen LogP contribution in [0.15, 0.2) is 9.78 Å². The highest BCUT2D eigenvalue weighted by atomic mass is 32.2. The van der Waals surface area contributed by atoms with Crippen molar-refractivity contribution in [2.75, 3.05) is 6.61 Å². The molecule has 0 aliphatic carbocycles. The van der Waals surface area contributed by atoms with E-state index < -0.39 is 28.2 Å². The molecule has 0 spiro atoms. The molecule has 0 aromatic carbocycles. The average Bonchev–Trinajstić information content (AvgIpc) is 3.02. The minimum atomic E-state index is -1.38. The lowest BCUT2D eigenvalue weighted by Gasteiger charge is -2.21. The number of carbonyl (C=O) groups is 1. The Balaban J connectivity index is 2.94. The number of carbonyl (C=O) groups excluding carboxylic acids is 1. The van der Waals surface area contributed by atoms with Gasteiger partial charge in [0.05, 0.1) is 12.3 Å². The maximum Gasteiger partial charge on any atom is 0.357 e. The fourth-order valence-electron chi connectivity index (χ4n) is 1.83. The molecule has 0 saturated carbocycles. The molecule has 1 N–H and O–H groups in total. The third-order valence-corrected chi connectivity index (χ3v) is 5.99. The van der Waals surface area contributed by atoms with Crippen LogP contribution in [-0.2, 0) is 16.1 Å². The summed E-state index contributed by atoms with van der Waals surface area (Å²) in [7, 11) is 0. The Labute approximate surface area is 157 Å². The first-order chi connectivity index (χ1) is 11.6. The van der Waals surface area contributed by atoms with Crippen LogP contribution in [-0.4, -0.2) is 37.7 Å². The van der Waals surface area contributed by atoms with Gasteiger partial charge in [0, 0.05) is 11.8 Å². The van der Waals surface area contributed by atoms with Crippen LogP contribution < -0.4 is 0 Å². The van der Waals surface area contributed by atoms with Crippen molar-refractivity contribution in [2.24, 2.45) is 10.3 Å². The van der Waals surface area contributed by atoms with E-state index in [0.29, 0.717) is 10.7 Å². The number of hydrogen-bond donors (Lipinski definition) is 1. The molecule has 3 atom stereocenters. The lowest BCUT2D eigenvalue weighted by molar-refractivity contribution is 0.0519. The summed E-state index contributed by atoms with van der Waals surface area (Å²) in [5.41, 5.74) is 0.900. The maximum absolute atomic E-state index is 12.3. The minimum absolute atomic E-state index is 0.102. The van der Waals surface area contributed by atoms with Crippen LogP contribution in [0, 0.1) is 5.92 Å². The van der Waals surface area contributed by atoms with Gasteiger partial charge in [0.15, 0.2) is 5.69 Å². The Hall–Kier alpha value is -0.960. The Bertz CT molecular complexity index is 596. The number of thiazole rings is 1. The number of aliphatic hydroxyl groups is 1. The van der Waals surface area contributed by atoms with Crippen LogP contribution in [0.25, 0.3) is 0 Å². The molecule has 1 aromatic rings. The van der Waals surface area contributed by atoms with Crippen molar-refractivity contribution in [1.82, 2.24) is 4.98 Å². The third kappa shape index (κ3) is 6.69. The van der Waals surface area contributed by atoms with E-state index in [1.807, 2.05) is 34.6 Å². The van der Waals surface area contributed by atoms with Crippen LogP contribution in [0.4, 0.5) is 0 Å². The lowest BCUT2D eigenvalue weighted by atomic mass is 9.98. The normalized spacial score (nSPS) is 16.4. The zero-order valence-electron chi connectivity index (χ0n) is 15.7. The summed E-state index contributed by atoms with van der Waals surface area (Å²) >= 11 is -0.177. The predicted octanol–water partition coefficient (Wildman–Crippen LogP) is 3.69. The Kier molecular flexibility index (Phi) is 8.53. The average molecular weight is 389 g/mol. The number of aliphatic hydroxyl groups excluding tert-OH is 1. The summed E-state index contributed by atoms with van der Waals surface area (Å²) in [5, 5.41) is 12.5. The highest BCUT2D eigenvalue weighted by Gasteiger charge is 2.29. The topological polar surface area (TPSA) is 94.8 Å². The van der Waals surface area contributed by atoms with Gasteiger partial charge in [-0.1, -0.05) is 18.2 Å². The van der Waals surface area contributed by atoms with Crippen LogP contribution in [0.1, 0.15) is 76.0 Å². The minimum Gasteiger partial charge on any atom is -0.591 e. The molecule has 1 unspecified atom stereocenters. The van der Waals surface area contributed by atoms with Gasteiger partial charge in [0.2, 0.25) is 0 Å². The molecule has 1 heterocycles. The highest BCUT2D eigenvalue weighted by molar-refractivity contribution is 7.91. The summed E-state index contributed by atoms with van der Waals surface area (Å²) in [6.07, 6.45) is 0.184. The van der Waals surface area contributed by atoms with Gasteiger partial charge in [-0.05, 0) is 40.0 Å². The van der Waals surface area contributed by atoms with Gasteiger partial charge < -0.3 is 14.4 Å². The fourth-order valence-corrected chi connectivity index (χ4v) is 3.35. The van der Waals surface area contributed by atoms with E-state index in [1.165, 1.54) is 11.3 Å². The number of aromatic nitrogens is 1. The number of ether oxygens (including phenoxy) is 1. The summed E-state index contributed by atoms with van der Waals surface area (Å²) in [4.78, 5) is 15.8. The van der Waals surface area contributed by atoms with E-state index in [9.17, 15) is 14.5 Å². The molecule has 0 bridgehead atoms. The number of rotatable bonds is 8. The summed E-state index contributed by atoms with van der Waals surface area (Å²) in [6.45, 7) is 11.6. The maximum atomic E-state index is 12.3. The van der Waals surface area contributed by atoms with E-state index in [1.54, 1.807) is 12.3 Å². The van der Waals surface area contributed by atoms with Gasteiger partial charge in [-0.25, -0.2) is 9.78 Å². The second-order valence-corrected chi connectivity index (χ2v) is 9.56. The number of hydrogen-bond acceptors (Lipinski definition) is 7. The molecule has 1 rings (SSSR count). The van der Waals surface area contributed by atoms with E-state index >= 15 is 0 Å². The molecule has 0 aliphatic rings. The molecular weight excluding hydrogens is 360 g/mol. The second-order valence-electron chi connectivity index (χ2n) is 6.76. The first-order valence-electron chi connectivity index (χ1n) is 8.40. The van der Waals surface area contributed by atoms with Crippen molar-refractivity contribution >= 4 is 34.4 Å². The summed E-state index contributed by atoms with van der Waals surface area (Å²) < 4.78 is 21.2. The van der Waals surface area contributed by atoms with Gasteiger partial charge in [0.25, 0.3) is 0 Å². The van der Waals surface area contributed by atoms with Crippen molar-refractivity contribution in [3.8, 4) is 0 Å². The van der Waals surface area contributed by atoms with Gasteiger partial charge in [-0.3, -0.25) is 0 Å². The van der Waals surface area contributed by atoms with Crippen molar-refractivity contribution in [2.45, 2.75) is 65.2 Å². The van der Waals surface area contributed by atoms with Crippen LogP contribution in [0.5, 0.6) is 0 Å². The lowest BCUT2D eigenvalue weighted by Crippen LogP contribution is -2.28. The second kappa shape index (κ2) is 9.66. The first-order valence-corrected chi connectivity index (χ1v) is 10.4. The van der Waals surface area contributed by atoms with E-state index in [0.717, 1.165) is 6.42 Å². The van der Waals surface area contributed by atoms with Gasteiger partial charge >= 0.3 is 5.97 Å². The Morgan fingerprint density at radius 3 is 2.64 bits per heavy atom. The molecule has 25 heavy (non-hydrogen) atoms.